The van der Waals surface area contributed by atoms with Crippen LogP contribution in [0.2, 0.25) is 0 Å². The quantitative estimate of drug-likeness (QED) is 0.665. The summed E-state index contributed by atoms with van der Waals surface area (Å²) >= 11 is 0. The monoisotopic (exact) mass is 266 g/mol. The normalized spacial score (nSPS) is 13.3. The molecule has 19 heavy (non-hydrogen) atoms. The largest absolute Gasteiger partial charge is 0.491 e. The van der Waals surface area contributed by atoms with Crippen LogP contribution < -0.4 is 16.2 Å². The van der Waals surface area contributed by atoms with Crippen molar-refractivity contribution in [1.82, 2.24) is 0 Å². The number of benzene rings is 1. The number of aliphatic hydroxyl groups is 1. The van der Waals surface area contributed by atoms with Gasteiger partial charge in [0.15, 0.2) is 0 Å². The predicted molar refractivity (Wildman–Crippen MR) is 78.2 cm³/mol. The van der Waals surface area contributed by atoms with Gasteiger partial charge >= 0.3 is 0 Å². The molecule has 4 nitrogen and oxygen atoms in total. The molecule has 0 unspecified atom stereocenters. The predicted octanol–water partition coefficient (Wildman–Crippen LogP) is 1.45. The summed E-state index contributed by atoms with van der Waals surface area (Å²) < 4.78 is 5.69. The zero-order chi connectivity index (χ0) is 14.3. The molecule has 0 saturated carbocycles. The van der Waals surface area contributed by atoms with E-state index in [0.29, 0.717) is 26.0 Å². The third kappa shape index (κ3) is 5.19. The van der Waals surface area contributed by atoms with Crippen LogP contribution in [0.1, 0.15) is 32.3 Å². The summed E-state index contributed by atoms with van der Waals surface area (Å²) in [5.74, 6) is 0.766. The number of rotatable bonds is 8. The zero-order valence-corrected chi connectivity index (χ0v) is 11.9. The second-order valence-electron chi connectivity index (χ2n) is 5.07. The molecule has 4 heteroatoms. The second-order valence-corrected chi connectivity index (χ2v) is 5.07. The van der Waals surface area contributed by atoms with E-state index >= 15 is 0 Å². The first kappa shape index (κ1) is 16.0. The molecule has 0 radical (unpaired) electrons. The summed E-state index contributed by atoms with van der Waals surface area (Å²) in [6.45, 7) is 4.70. The Morgan fingerprint density at radius 1 is 1.32 bits per heavy atom. The maximum atomic E-state index is 10.2. The third-order valence-corrected chi connectivity index (χ3v) is 3.52. The highest BCUT2D eigenvalue weighted by Gasteiger charge is 2.23. The van der Waals surface area contributed by atoms with E-state index in [1.807, 2.05) is 38.1 Å². The first-order valence-corrected chi connectivity index (χ1v) is 6.92. The molecule has 0 saturated heterocycles. The van der Waals surface area contributed by atoms with Gasteiger partial charge < -0.3 is 21.3 Å². The van der Waals surface area contributed by atoms with Gasteiger partial charge in [-0.2, -0.15) is 0 Å². The Labute approximate surface area is 115 Å². The maximum Gasteiger partial charge on any atom is 0.119 e. The van der Waals surface area contributed by atoms with Crippen LogP contribution in [0.15, 0.2) is 24.3 Å². The van der Waals surface area contributed by atoms with Gasteiger partial charge in [0.25, 0.3) is 0 Å². The van der Waals surface area contributed by atoms with Crippen LogP contribution in [0.4, 0.5) is 0 Å². The molecule has 0 aliphatic rings. The van der Waals surface area contributed by atoms with Crippen molar-refractivity contribution >= 4 is 0 Å². The van der Waals surface area contributed by atoms with Crippen molar-refractivity contribution in [3.05, 3.63) is 29.8 Å². The summed E-state index contributed by atoms with van der Waals surface area (Å²) in [7, 11) is 0. The van der Waals surface area contributed by atoms with E-state index in [1.54, 1.807) is 0 Å². The van der Waals surface area contributed by atoms with E-state index in [0.717, 1.165) is 17.7 Å². The number of ether oxygens (including phenoxy) is 1. The molecule has 0 aliphatic heterocycles. The Kier molecular flexibility index (Phi) is 6.28. The summed E-state index contributed by atoms with van der Waals surface area (Å²) in [4.78, 5) is 0. The average Bonchev–Trinajstić information content (AvgIpc) is 2.45. The molecule has 0 amide bonds. The van der Waals surface area contributed by atoms with Crippen LogP contribution in [-0.4, -0.2) is 29.9 Å². The first-order chi connectivity index (χ1) is 9.03. The van der Waals surface area contributed by atoms with Crippen LogP contribution in [-0.2, 0) is 6.42 Å². The Hall–Kier alpha value is -1.10. The molecule has 1 atom stereocenters. The first-order valence-electron chi connectivity index (χ1n) is 6.92. The van der Waals surface area contributed by atoms with Gasteiger partial charge in [0.1, 0.15) is 12.4 Å². The molecule has 0 fully saturated rings. The molecule has 1 rings (SSSR count). The summed E-state index contributed by atoms with van der Waals surface area (Å²) in [6, 6.07) is 7.77. The Morgan fingerprint density at radius 3 is 2.58 bits per heavy atom. The Morgan fingerprint density at radius 2 is 2.00 bits per heavy atom. The summed E-state index contributed by atoms with van der Waals surface area (Å²) in [5.41, 5.74) is 11.7. The molecule has 0 aromatic heterocycles. The number of nitrogens with two attached hydrogens (primary N) is 2. The van der Waals surface area contributed by atoms with Gasteiger partial charge in [-0.25, -0.2) is 0 Å². The fraction of sp³-hybridized carbons (Fsp3) is 0.600. The minimum absolute atomic E-state index is 0.0292. The van der Waals surface area contributed by atoms with Gasteiger partial charge in [0.05, 0.1) is 5.60 Å². The fourth-order valence-electron chi connectivity index (χ4n) is 1.82. The van der Waals surface area contributed by atoms with E-state index in [4.69, 9.17) is 16.2 Å². The molecule has 0 aliphatic carbocycles. The SMILES string of the molecule is CCC(O)(CC)COc1cccc(C[C@H](N)CN)c1. The second kappa shape index (κ2) is 7.48. The molecule has 0 spiro atoms. The molecule has 108 valence electrons. The minimum atomic E-state index is -0.746. The highest BCUT2D eigenvalue weighted by Crippen LogP contribution is 2.19. The Balaban J connectivity index is 2.62. The Bertz CT molecular complexity index is 378. The number of hydrogen-bond donors (Lipinski definition) is 3. The zero-order valence-electron chi connectivity index (χ0n) is 11.9. The van der Waals surface area contributed by atoms with Crippen molar-refractivity contribution in [3.8, 4) is 5.75 Å². The van der Waals surface area contributed by atoms with Gasteiger partial charge in [-0.05, 0) is 37.0 Å². The lowest BCUT2D eigenvalue weighted by Crippen LogP contribution is -2.34. The van der Waals surface area contributed by atoms with Gasteiger partial charge in [-0.3, -0.25) is 0 Å². The third-order valence-electron chi connectivity index (χ3n) is 3.52. The van der Waals surface area contributed by atoms with Crippen molar-refractivity contribution in [2.45, 2.75) is 44.8 Å². The van der Waals surface area contributed by atoms with E-state index < -0.39 is 5.60 Å². The van der Waals surface area contributed by atoms with Gasteiger partial charge in [0.2, 0.25) is 0 Å². The van der Waals surface area contributed by atoms with Crippen LogP contribution in [0.3, 0.4) is 0 Å². The van der Waals surface area contributed by atoms with Crippen molar-refractivity contribution in [2.24, 2.45) is 11.5 Å². The lowest BCUT2D eigenvalue weighted by molar-refractivity contribution is -0.0113. The molecule has 1 aromatic carbocycles. The highest BCUT2D eigenvalue weighted by molar-refractivity contribution is 5.29. The fourth-order valence-corrected chi connectivity index (χ4v) is 1.82. The van der Waals surface area contributed by atoms with Gasteiger partial charge in [-0.15, -0.1) is 0 Å². The van der Waals surface area contributed by atoms with Gasteiger partial charge in [-0.1, -0.05) is 26.0 Å². The standard InChI is InChI=1S/C15H26N2O2/c1-3-15(18,4-2)11-19-14-7-5-6-12(9-14)8-13(17)10-16/h5-7,9,13,18H,3-4,8,10-11,16-17H2,1-2H3/t13-/m0/s1. The van der Waals surface area contributed by atoms with E-state index in [1.165, 1.54) is 0 Å². The number of hydrogen-bond acceptors (Lipinski definition) is 4. The van der Waals surface area contributed by atoms with Crippen LogP contribution in [0, 0.1) is 0 Å². The van der Waals surface area contributed by atoms with Crippen molar-refractivity contribution in [1.29, 1.82) is 0 Å². The van der Waals surface area contributed by atoms with Crippen molar-refractivity contribution in [2.75, 3.05) is 13.2 Å². The highest BCUT2D eigenvalue weighted by atomic mass is 16.5. The van der Waals surface area contributed by atoms with E-state index in [-0.39, 0.29) is 6.04 Å². The van der Waals surface area contributed by atoms with Crippen molar-refractivity contribution in [3.63, 3.8) is 0 Å². The lowest BCUT2D eigenvalue weighted by atomic mass is 9.99. The lowest BCUT2D eigenvalue weighted by Gasteiger charge is -2.25. The smallest absolute Gasteiger partial charge is 0.119 e. The van der Waals surface area contributed by atoms with E-state index in [9.17, 15) is 5.11 Å². The van der Waals surface area contributed by atoms with E-state index in [2.05, 4.69) is 0 Å². The summed E-state index contributed by atoms with van der Waals surface area (Å²) in [6.07, 6.45) is 2.10. The van der Waals surface area contributed by atoms with Crippen LogP contribution in [0.25, 0.3) is 0 Å². The molecule has 1 aromatic rings. The maximum absolute atomic E-state index is 10.2. The molecule has 0 heterocycles. The summed E-state index contributed by atoms with van der Waals surface area (Å²) in [5, 5.41) is 10.2. The van der Waals surface area contributed by atoms with Crippen molar-refractivity contribution < 1.29 is 9.84 Å². The molecular weight excluding hydrogens is 240 g/mol. The minimum Gasteiger partial charge on any atom is -0.491 e. The van der Waals surface area contributed by atoms with Crippen LogP contribution >= 0.6 is 0 Å². The molecule has 5 N–H and O–H groups in total. The van der Waals surface area contributed by atoms with Crippen LogP contribution in [0.5, 0.6) is 5.75 Å². The van der Waals surface area contributed by atoms with Gasteiger partial charge in [0, 0.05) is 12.6 Å². The molecular formula is C15H26N2O2. The topological polar surface area (TPSA) is 81.5 Å². The average molecular weight is 266 g/mol. The molecule has 0 bridgehead atoms.